The van der Waals surface area contributed by atoms with E-state index in [9.17, 15) is 0 Å². The Labute approximate surface area is 113 Å². The monoisotopic (exact) mass is 250 g/mol. The lowest BCUT2D eigenvalue weighted by atomic mass is 9.94. The highest BCUT2D eigenvalue weighted by molar-refractivity contribution is 6.02. The predicted molar refractivity (Wildman–Crippen MR) is 80.3 cm³/mol. The molecule has 1 atom stereocenters. The lowest BCUT2D eigenvalue weighted by Crippen LogP contribution is -2.04. The van der Waals surface area contributed by atoms with Crippen LogP contribution in [0.5, 0.6) is 0 Å². The Balaban J connectivity index is 2.28. The molecule has 1 aromatic carbocycles. The Morgan fingerprint density at radius 2 is 1.53 bits per heavy atom. The largest absolute Gasteiger partial charge is 0.254 e. The van der Waals surface area contributed by atoms with Crippen molar-refractivity contribution in [2.75, 3.05) is 0 Å². The summed E-state index contributed by atoms with van der Waals surface area (Å²) in [5.74, 6) is 1.05. The van der Waals surface area contributed by atoms with Gasteiger partial charge in [-0.2, -0.15) is 0 Å². The summed E-state index contributed by atoms with van der Waals surface area (Å²) in [6.45, 7) is 6.70. The second-order valence-electron chi connectivity index (χ2n) is 5.48. The molecule has 2 aromatic heterocycles. The van der Waals surface area contributed by atoms with Gasteiger partial charge in [0.2, 0.25) is 0 Å². The maximum absolute atomic E-state index is 4.86. The van der Waals surface area contributed by atoms with Gasteiger partial charge in [0.1, 0.15) is 0 Å². The van der Waals surface area contributed by atoms with Gasteiger partial charge in [-0.05, 0) is 18.1 Å². The SMILES string of the molecule is CC(C)C(C)c1ccc2ccc3cccnc3c2n1. The first kappa shape index (κ1) is 12.1. The van der Waals surface area contributed by atoms with E-state index in [-0.39, 0.29) is 0 Å². The van der Waals surface area contributed by atoms with Crippen molar-refractivity contribution in [1.29, 1.82) is 0 Å². The van der Waals surface area contributed by atoms with Crippen molar-refractivity contribution in [3.8, 4) is 0 Å². The van der Waals surface area contributed by atoms with Crippen molar-refractivity contribution in [3.05, 3.63) is 48.3 Å². The first-order valence-corrected chi connectivity index (χ1v) is 6.81. The summed E-state index contributed by atoms with van der Waals surface area (Å²) < 4.78 is 0. The van der Waals surface area contributed by atoms with Crippen molar-refractivity contribution >= 4 is 21.8 Å². The van der Waals surface area contributed by atoms with Crippen LogP contribution in [0.1, 0.15) is 32.4 Å². The first-order valence-electron chi connectivity index (χ1n) is 6.81. The number of aromatic nitrogens is 2. The molecule has 0 amide bonds. The molecule has 1 unspecified atom stereocenters. The minimum atomic E-state index is 0.461. The van der Waals surface area contributed by atoms with Crippen LogP contribution < -0.4 is 0 Å². The van der Waals surface area contributed by atoms with E-state index in [4.69, 9.17) is 4.98 Å². The summed E-state index contributed by atoms with van der Waals surface area (Å²) in [4.78, 5) is 9.35. The van der Waals surface area contributed by atoms with Crippen molar-refractivity contribution in [3.63, 3.8) is 0 Å². The minimum absolute atomic E-state index is 0.461. The van der Waals surface area contributed by atoms with E-state index in [1.165, 1.54) is 0 Å². The molecule has 3 rings (SSSR count). The number of nitrogens with zero attached hydrogens (tertiary/aromatic N) is 2. The van der Waals surface area contributed by atoms with E-state index >= 15 is 0 Å². The van der Waals surface area contributed by atoms with Gasteiger partial charge in [0.15, 0.2) is 0 Å². The average Bonchev–Trinajstić information content (AvgIpc) is 2.45. The molecule has 2 nitrogen and oxygen atoms in total. The van der Waals surface area contributed by atoms with E-state index < -0.39 is 0 Å². The molecule has 2 heterocycles. The van der Waals surface area contributed by atoms with Gasteiger partial charge < -0.3 is 0 Å². The van der Waals surface area contributed by atoms with Gasteiger partial charge >= 0.3 is 0 Å². The molecule has 96 valence electrons. The fourth-order valence-corrected chi connectivity index (χ4v) is 2.33. The van der Waals surface area contributed by atoms with Crippen LogP contribution in [0, 0.1) is 5.92 Å². The van der Waals surface area contributed by atoms with Gasteiger partial charge in [-0.3, -0.25) is 9.97 Å². The highest BCUT2D eigenvalue weighted by Crippen LogP contribution is 2.27. The molecule has 0 radical (unpaired) electrons. The number of hydrogen-bond donors (Lipinski definition) is 0. The summed E-state index contributed by atoms with van der Waals surface area (Å²) >= 11 is 0. The second kappa shape index (κ2) is 4.61. The Bertz CT molecular complexity index is 731. The quantitative estimate of drug-likeness (QED) is 0.624. The third kappa shape index (κ3) is 2.07. The third-order valence-electron chi connectivity index (χ3n) is 3.92. The molecule has 0 saturated carbocycles. The Hall–Kier alpha value is -1.96. The molecule has 19 heavy (non-hydrogen) atoms. The molecule has 0 N–H and O–H groups in total. The highest BCUT2D eigenvalue weighted by Gasteiger charge is 2.12. The second-order valence-corrected chi connectivity index (χ2v) is 5.48. The fourth-order valence-electron chi connectivity index (χ4n) is 2.33. The van der Waals surface area contributed by atoms with Crippen molar-refractivity contribution in [1.82, 2.24) is 9.97 Å². The Kier molecular flexibility index (Phi) is 2.94. The van der Waals surface area contributed by atoms with Gasteiger partial charge in [0, 0.05) is 28.6 Å². The predicted octanol–water partition coefficient (Wildman–Crippen LogP) is 4.54. The molecular formula is C17H18N2. The number of rotatable bonds is 2. The van der Waals surface area contributed by atoms with Gasteiger partial charge in [-0.1, -0.05) is 45.0 Å². The lowest BCUT2D eigenvalue weighted by Gasteiger charge is -2.15. The summed E-state index contributed by atoms with van der Waals surface area (Å²) in [7, 11) is 0. The third-order valence-corrected chi connectivity index (χ3v) is 3.92. The van der Waals surface area contributed by atoms with Crippen LogP contribution in [-0.4, -0.2) is 9.97 Å². The van der Waals surface area contributed by atoms with Crippen LogP contribution in [-0.2, 0) is 0 Å². The van der Waals surface area contributed by atoms with Crippen LogP contribution in [0.3, 0.4) is 0 Å². The summed E-state index contributed by atoms with van der Waals surface area (Å²) in [6.07, 6.45) is 1.84. The zero-order valence-electron chi connectivity index (χ0n) is 11.6. The molecule has 0 aliphatic carbocycles. The number of pyridine rings is 2. The van der Waals surface area contributed by atoms with Crippen molar-refractivity contribution < 1.29 is 0 Å². The van der Waals surface area contributed by atoms with E-state index in [0.29, 0.717) is 11.8 Å². The van der Waals surface area contributed by atoms with Gasteiger partial charge in [0.05, 0.1) is 11.0 Å². The van der Waals surface area contributed by atoms with Crippen LogP contribution in [0.15, 0.2) is 42.6 Å². The molecule has 3 aromatic rings. The highest BCUT2D eigenvalue weighted by atomic mass is 14.8. The van der Waals surface area contributed by atoms with E-state index in [2.05, 4.69) is 56.1 Å². The summed E-state index contributed by atoms with van der Waals surface area (Å²) in [5, 5.41) is 2.31. The molecule has 0 aliphatic rings. The van der Waals surface area contributed by atoms with Crippen LogP contribution in [0.25, 0.3) is 21.8 Å². The molecule has 2 heteroatoms. The van der Waals surface area contributed by atoms with E-state index in [1.54, 1.807) is 0 Å². The van der Waals surface area contributed by atoms with Gasteiger partial charge in [-0.15, -0.1) is 0 Å². The molecular weight excluding hydrogens is 232 g/mol. The standard InChI is InChI=1S/C17H18N2/c1-11(2)12(3)15-9-8-14-7-6-13-5-4-10-18-16(13)17(14)19-15/h4-12H,1-3H3. The summed E-state index contributed by atoms with van der Waals surface area (Å²) in [5.41, 5.74) is 3.17. The zero-order chi connectivity index (χ0) is 13.4. The molecule has 0 spiro atoms. The summed E-state index contributed by atoms with van der Waals surface area (Å²) in [6, 6.07) is 12.6. The molecule has 0 fully saturated rings. The lowest BCUT2D eigenvalue weighted by molar-refractivity contribution is 0.525. The first-order chi connectivity index (χ1) is 9.16. The van der Waals surface area contributed by atoms with Crippen molar-refractivity contribution in [2.45, 2.75) is 26.7 Å². The van der Waals surface area contributed by atoms with Crippen LogP contribution >= 0.6 is 0 Å². The van der Waals surface area contributed by atoms with Crippen molar-refractivity contribution in [2.24, 2.45) is 5.92 Å². The van der Waals surface area contributed by atoms with Gasteiger partial charge in [-0.25, -0.2) is 0 Å². The van der Waals surface area contributed by atoms with Crippen LogP contribution in [0.4, 0.5) is 0 Å². The van der Waals surface area contributed by atoms with E-state index in [0.717, 1.165) is 27.5 Å². The number of fused-ring (bicyclic) bond motifs is 3. The smallest absolute Gasteiger partial charge is 0.0967 e. The Morgan fingerprint density at radius 3 is 2.26 bits per heavy atom. The number of benzene rings is 1. The fraction of sp³-hybridized carbons (Fsp3) is 0.294. The Morgan fingerprint density at radius 1 is 0.842 bits per heavy atom. The maximum Gasteiger partial charge on any atom is 0.0967 e. The molecule has 0 aliphatic heterocycles. The van der Waals surface area contributed by atoms with E-state index in [1.807, 2.05) is 12.3 Å². The zero-order valence-corrected chi connectivity index (χ0v) is 11.6. The van der Waals surface area contributed by atoms with Crippen LogP contribution in [0.2, 0.25) is 0 Å². The van der Waals surface area contributed by atoms with Gasteiger partial charge in [0.25, 0.3) is 0 Å². The molecule has 0 saturated heterocycles. The topological polar surface area (TPSA) is 25.8 Å². The maximum atomic E-state index is 4.86. The normalized spacial score (nSPS) is 13.3. The number of hydrogen-bond acceptors (Lipinski definition) is 2. The minimum Gasteiger partial charge on any atom is -0.254 e. The average molecular weight is 250 g/mol. The molecule has 0 bridgehead atoms.